The van der Waals surface area contributed by atoms with Crippen LogP contribution >= 0.6 is 0 Å². The molecule has 0 spiro atoms. The maximum Gasteiger partial charge on any atom is 0.169 e. The lowest BCUT2D eigenvalue weighted by molar-refractivity contribution is 0.241. The first-order valence-electron chi connectivity index (χ1n) is 6.45. The molecular formula is C12H22N4. The number of nitrogen functional groups attached to an aromatic ring is 1. The van der Waals surface area contributed by atoms with Crippen LogP contribution in [0.25, 0.3) is 0 Å². The minimum Gasteiger partial charge on any atom is -0.381 e. The molecule has 0 radical (unpaired) electrons. The van der Waals surface area contributed by atoms with Gasteiger partial charge in [-0.25, -0.2) is 4.68 Å². The topological polar surface area (TPSA) is 56.7 Å². The van der Waals surface area contributed by atoms with E-state index in [1.54, 1.807) is 0 Å². The monoisotopic (exact) mass is 222 g/mol. The molecule has 2 N–H and O–H groups in total. The second-order valence-electron chi connectivity index (χ2n) is 4.81. The lowest BCUT2D eigenvalue weighted by atomic mass is 9.84. The Morgan fingerprint density at radius 3 is 2.88 bits per heavy atom. The first-order valence-corrected chi connectivity index (χ1v) is 6.45. The molecule has 0 aromatic carbocycles. The van der Waals surface area contributed by atoms with Crippen molar-refractivity contribution >= 4 is 5.82 Å². The molecular weight excluding hydrogens is 200 g/mol. The van der Waals surface area contributed by atoms with Crippen LogP contribution in [0.4, 0.5) is 5.82 Å². The van der Waals surface area contributed by atoms with Gasteiger partial charge >= 0.3 is 0 Å². The van der Waals surface area contributed by atoms with E-state index in [0.29, 0.717) is 11.9 Å². The van der Waals surface area contributed by atoms with E-state index in [1.165, 1.54) is 32.1 Å². The molecule has 1 aliphatic rings. The van der Waals surface area contributed by atoms with E-state index in [-0.39, 0.29) is 0 Å². The van der Waals surface area contributed by atoms with Crippen molar-refractivity contribution in [2.45, 2.75) is 58.4 Å². The number of rotatable bonds is 3. The third-order valence-electron chi connectivity index (χ3n) is 3.83. The first kappa shape index (κ1) is 11.4. The second kappa shape index (κ2) is 4.85. The van der Waals surface area contributed by atoms with Crippen LogP contribution in [0, 0.1) is 5.92 Å². The Bertz CT molecular complexity index is 345. The van der Waals surface area contributed by atoms with E-state index in [9.17, 15) is 0 Å². The summed E-state index contributed by atoms with van der Waals surface area (Å²) in [5.74, 6) is 1.47. The Hall–Kier alpha value is -1.06. The summed E-state index contributed by atoms with van der Waals surface area (Å²) in [7, 11) is 0. The van der Waals surface area contributed by atoms with Crippen LogP contribution in [0.3, 0.4) is 0 Å². The summed E-state index contributed by atoms with van der Waals surface area (Å²) < 4.78 is 2.08. The molecule has 1 aromatic rings. The molecule has 4 nitrogen and oxygen atoms in total. The predicted molar refractivity (Wildman–Crippen MR) is 65.1 cm³/mol. The largest absolute Gasteiger partial charge is 0.381 e. The van der Waals surface area contributed by atoms with Crippen LogP contribution in [-0.2, 0) is 6.42 Å². The van der Waals surface area contributed by atoms with E-state index < -0.39 is 0 Å². The molecule has 90 valence electrons. The molecule has 1 heterocycles. The maximum absolute atomic E-state index is 5.83. The summed E-state index contributed by atoms with van der Waals surface area (Å²) in [5, 5.41) is 8.22. The van der Waals surface area contributed by atoms with Gasteiger partial charge in [-0.1, -0.05) is 38.3 Å². The van der Waals surface area contributed by atoms with Crippen LogP contribution in [0.5, 0.6) is 0 Å². The third-order valence-corrected chi connectivity index (χ3v) is 3.83. The van der Waals surface area contributed by atoms with Gasteiger partial charge < -0.3 is 5.73 Å². The summed E-state index contributed by atoms with van der Waals surface area (Å²) >= 11 is 0. The van der Waals surface area contributed by atoms with E-state index in [0.717, 1.165) is 18.0 Å². The van der Waals surface area contributed by atoms with Crippen molar-refractivity contribution < 1.29 is 0 Å². The molecule has 4 heteroatoms. The highest BCUT2D eigenvalue weighted by atomic mass is 15.5. The van der Waals surface area contributed by atoms with Crippen molar-refractivity contribution in [3.8, 4) is 0 Å². The van der Waals surface area contributed by atoms with E-state index in [2.05, 4.69) is 28.8 Å². The summed E-state index contributed by atoms with van der Waals surface area (Å²) in [4.78, 5) is 0. The van der Waals surface area contributed by atoms with E-state index in [1.807, 2.05) is 0 Å². The molecule has 1 aromatic heterocycles. The SMILES string of the molecule is CCc1c(N)nnn1C1CCCC(CC)C1. The van der Waals surface area contributed by atoms with Crippen molar-refractivity contribution in [2.24, 2.45) is 5.92 Å². The van der Waals surface area contributed by atoms with Crippen molar-refractivity contribution in [3.05, 3.63) is 5.69 Å². The molecule has 0 aliphatic heterocycles. The fourth-order valence-electron chi connectivity index (χ4n) is 2.82. The predicted octanol–water partition coefficient (Wildman–Crippen LogP) is 2.56. The highest BCUT2D eigenvalue weighted by Gasteiger charge is 2.25. The van der Waals surface area contributed by atoms with Crippen molar-refractivity contribution in [2.75, 3.05) is 5.73 Å². The Balaban J connectivity index is 2.16. The Morgan fingerprint density at radius 2 is 2.19 bits per heavy atom. The van der Waals surface area contributed by atoms with Gasteiger partial charge in [-0.15, -0.1) is 5.10 Å². The molecule has 1 fully saturated rings. The molecule has 2 rings (SSSR count). The lowest BCUT2D eigenvalue weighted by Crippen LogP contribution is -2.21. The van der Waals surface area contributed by atoms with E-state index in [4.69, 9.17) is 5.73 Å². The smallest absolute Gasteiger partial charge is 0.169 e. The maximum atomic E-state index is 5.83. The lowest BCUT2D eigenvalue weighted by Gasteiger charge is -2.29. The Kier molecular flexibility index (Phi) is 3.46. The second-order valence-corrected chi connectivity index (χ2v) is 4.81. The van der Waals surface area contributed by atoms with Gasteiger partial charge in [0.2, 0.25) is 0 Å². The zero-order chi connectivity index (χ0) is 11.5. The number of hydrogen-bond acceptors (Lipinski definition) is 3. The van der Waals surface area contributed by atoms with Gasteiger partial charge in [-0.05, 0) is 25.2 Å². The number of nitrogens with zero attached hydrogens (tertiary/aromatic N) is 3. The number of anilines is 1. The van der Waals surface area contributed by atoms with E-state index >= 15 is 0 Å². The minimum absolute atomic E-state index is 0.526. The molecule has 0 bridgehead atoms. The summed E-state index contributed by atoms with van der Waals surface area (Å²) in [6.07, 6.45) is 7.36. The number of nitrogens with two attached hydrogens (primary N) is 1. The Morgan fingerprint density at radius 1 is 1.38 bits per heavy atom. The van der Waals surface area contributed by atoms with Crippen LogP contribution in [0.2, 0.25) is 0 Å². The first-order chi connectivity index (χ1) is 7.76. The number of aromatic nitrogens is 3. The van der Waals surface area contributed by atoms with Gasteiger partial charge in [0.15, 0.2) is 5.82 Å². The van der Waals surface area contributed by atoms with Crippen LogP contribution in [0.15, 0.2) is 0 Å². The molecule has 1 saturated carbocycles. The van der Waals surface area contributed by atoms with Crippen LogP contribution < -0.4 is 5.73 Å². The van der Waals surface area contributed by atoms with Crippen molar-refractivity contribution in [3.63, 3.8) is 0 Å². The summed E-state index contributed by atoms with van der Waals surface area (Å²) in [6, 6.07) is 0.526. The highest BCUT2D eigenvalue weighted by molar-refractivity contribution is 5.33. The average Bonchev–Trinajstić information content (AvgIpc) is 2.70. The van der Waals surface area contributed by atoms with Crippen molar-refractivity contribution in [1.29, 1.82) is 0 Å². The summed E-state index contributed by atoms with van der Waals surface area (Å²) in [5.41, 5.74) is 6.94. The quantitative estimate of drug-likeness (QED) is 0.855. The summed E-state index contributed by atoms with van der Waals surface area (Å²) in [6.45, 7) is 4.40. The molecule has 0 amide bonds. The van der Waals surface area contributed by atoms with Gasteiger partial charge in [0.05, 0.1) is 11.7 Å². The van der Waals surface area contributed by atoms with Gasteiger partial charge in [-0.3, -0.25) is 0 Å². The fraction of sp³-hybridized carbons (Fsp3) is 0.833. The molecule has 2 atom stereocenters. The normalized spacial score (nSPS) is 25.9. The highest BCUT2D eigenvalue weighted by Crippen LogP contribution is 2.34. The fourth-order valence-corrected chi connectivity index (χ4v) is 2.82. The van der Waals surface area contributed by atoms with Gasteiger partial charge in [-0.2, -0.15) is 0 Å². The zero-order valence-electron chi connectivity index (χ0n) is 10.3. The molecule has 0 saturated heterocycles. The minimum atomic E-state index is 0.526. The van der Waals surface area contributed by atoms with Crippen molar-refractivity contribution in [1.82, 2.24) is 15.0 Å². The molecule has 16 heavy (non-hydrogen) atoms. The third kappa shape index (κ3) is 2.06. The molecule has 1 aliphatic carbocycles. The average molecular weight is 222 g/mol. The zero-order valence-corrected chi connectivity index (χ0v) is 10.3. The Labute approximate surface area is 97.2 Å². The van der Waals surface area contributed by atoms with Crippen LogP contribution in [-0.4, -0.2) is 15.0 Å². The van der Waals surface area contributed by atoms with Gasteiger partial charge in [0, 0.05) is 0 Å². The van der Waals surface area contributed by atoms with Gasteiger partial charge in [0.25, 0.3) is 0 Å². The standard InChI is InChI=1S/C12H22N4/c1-3-9-6-5-7-10(8-9)16-11(4-2)12(13)14-15-16/h9-10H,3-8,13H2,1-2H3. The number of hydrogen-bond donors (Lipinski definition) is 1. The van der Waals surface area contributed by atoms with Gasteiger partial charge in [0.1, 0.15) is 0 Å². The van der Waals surface area contributed by atoms with Crippen LogP contribution in [0.1, 0.15) is 57.7 Å². The molecule has 2 unspecified atom stereocenters.